The highest BCUT2D eigenvalue weighted by atomic mass is 16.1. The predicted molar refractivity (Wildman–Crippen MR) is 101 cm³/mol. The van der Waals surface area contributed by atoms with E-state index in [0.717, 1.165) is 29.5 Å². The summed E-state index contributed by atoms with van der Waals surface area (Å²) >= 11 is 0. The average Bonchev–Trinajstić information content (AvgIpc) is 3.12. The lowest BCUT2D eigenvalue weighted by Gasteiger charge is -2.27. The van der Waals surface area contributed by atoms with Crippen LogP contribution in [0.25, 0.3) is 0 Å². The van der Waals surface area contributed by atoms with Crippen molar-refractivity contribution in [3.05, 3.63) is 59.7 Å². The highest BCUT2D eigenvalue weighted by Crippen LogP contribution is 2.29. The number of para-hydroxylation sites is 1. The number of ketones is 1. The molecular weight excluding hydrogens is 328 g/mol. The molecule has 0 bridgehead atoms. The zero-order valence-electron chi connectivity index (χ0n) is 14.4. The number of nitrogens with zero attached hydrogens (tertiary/aromatic N) is 3. The number of anilines is 1. The second-order valence-corrected chi connectivity index (χ2v) is 6.26. The van der Waals surface area contributed by atoms with Gasteiger partial charge in [0.15, 0.2) is 5.78 Å². The van der Waals surface area contributed by atoms with Gasteiger partial charge in [0, 0.05) is 30.3 Å². The highest BCUT2D eigenvalue weighted by molar-refractivity contribution is 6.20. The Morgan fingerprint density at radius 2 is 1.88 bits per heavy atom. The van der Waals surface area contributed by atoms with Gasteiger partial charge in [-0.25, -0.2) is 4.99 Å². The van der Waals surface area contributed by atoms with E-state index in [1.165, 1.54) is 6.92 Å². The summed E-state index contributed by atoms with van der Waals surface area (Å²) in [7, 11) is 0. The number of Topliss-reactive ketones (excluding diaryl/α,β-unsaturated/α-hetero) is 1. The third kappa shape index (κ3) is 3.01. The molecule has 4 rings (SSSR count). The van der Waals surface area contributed by atoms with Crippen LogP contribution in [0.4, 0.5) is 11.4 Å². The van der Waals surface area contributed by atoms with Crippen LogP contribution < -0.4 is 5.32 Å². The smallest absolute Gasteiger partial charge is 0.221 e. The van der Waals surface area contributed by atoms with Crippen LogP contribution in [0.2, 0.25) is 0 Å². The molecule has 2 heterocycles. The largest absolute Gasteiger partial charge is 0.326 e. The summed E-state index contributed by atoms with van der Waals surface area (Å²) in [6.45, 7) is 2.91. The molecule has 0 radical (unpaired) electrons. The van der Waals surface area contributed by atoms with E-state index in [0.29, 0.717) is 17.8 Å². The van der Waals surface area contributed by atoms with Gasteiger partial charge in [0.05, 0.1) is 18.7 Å². The van der Waals surface area contributed by atoms with Crippen molar-refractivity contribution in [1.82, 2.24) is 4.90 Å². The Kier molecular flexibility index (Phi) is 4.08. The summed E-state index contributed by atoms with van der Waals surface area (Å²) in [6, 6.07) is 14.8. The number of rotatable bonds is 4. The van der Waals surface area contributed by atoms with E-state index >= 15 is 0 Å². The maximum absolute atomic E-state index is 12.7. The molecule has 6 heteroatoms. The van der Waals surface area contributed by atoms with Gasteiger partial charge in [0.1, 0.15) is 11.7 Å². The second-order valence-electron chi connectivity index (χ2n) is 6.26. The minimum atomic E-state index is -0.139. The van der Waals surface area contributed by atoms with Crippen molar-refractivity contribution in [2.75, 3.05) is 18.4 Å². The number of fused-ring (bicyclic) bond motifs is 3. The maximum Gasteiger partial charge on any atom is 0.221 e. The first-order valence-electron chi connectivity index (χ1n) is 8.51. The van der Waals surface area contributed by atoms with E-state index in [4.69, 9.17) is 4.99 Å². The molecule has 0 fully saturated rings. The number of hydrogen-bond acceptors (Lipinski definition) is 5. The fraction of sp³-hybridized carbons (Fsp3) is 0.200. The van der Waals surface area contributed by atoms with Crippen molar-refractivity contribution >= 4 is 34.7 Å². The SMILES string of the molecule is CC(=O)Nc1ccc(C(=O)CC2=Nc3ccccc3C3=NCCN23)cc1. The Labute approximate surface area is 151 Å². The molecule has 2 aromatic carbocycles. The average molecular weight is 346 g/mol. The van der Waals surface area contributed by atoms with Gasteiger partial charge in [-0.3, -0.25) is 14.6 Å². The first-order chi connectivity index (χ1) is 12.6. The summed E-state index contributed by atoms with van der Waals surface area (Å²) in [5.74, 6) is 1.49. The number of nitrogens with one attached hydrogen (secondary N) is 1. The van der Waals surface area contributed by atoms with Gasteiger partial charge in [-0.05, 0) is 36.4 Å². The third-order valence-corrected chi connectivity index (χ3v) is 4.39. The predicted octanol–water partition coefficient (Wildman–Crippen LogP) is 3.02. The van der Waals surface area contributed by atoms with Crippen LogP contribution in [0.1, 0.15) is 29.3 Å². The number of benzene rings is 2. The zero-order valence-corrected chi connectivity index (χ0v) is 14.4. The molecule has 1 amide bonds. The van der Waals surface area contributed by atoms with Crippen LogP contribution in [0.15, 0.2) is 58.5 Å². The lowest BCUT2D eigenvalue weighted by molar-refractivity contribution is -0.114. The molecule has 0 atom stereocenters. The second kappa shape index (κ2) is 6.55. The lowest BCUT2D eigenvalue weighted by atomic mass is 10.0. The summed E-state index contributed by atoms with van der Waals surface area (Å²) in [5, 5.41) is 2.70. The molecule has 0 saturated carbocycles. The fourth-order valence-corrected chi connectivity index (χ4v) is 3.21. The quantitative estimate of drug-likeness (QED) is 0.865. The minimum Gasteiger partial charge on any atom is -0.326 e. The molecule has 6 nitrogen and oxygen atoms in total. The zero-order chi connectivity index (χ0) is 18.1. The van der Waals surface area contributed by atoms with Crippen LogP contribution in [0.3, 0.4) is 0 Å². The molecule has 0 aromatic heterocycles. The first kappa shape index (κ1) is 16.2. The Morgan fingerprint density at radius 3 is 2.65 bits per heavy atom. The van der Waals surface area contributed by atoms with Gasteiger partial charge >= 0.3 is 0 Å². The van der Waals surface area contributed by atoms with Crippen LogP contribution in [0.5, 0.6) is 0 Å². The van der Waals surface area contributed by atoms with Gasteiger partial charge in [-0.1, -0.05) is 12.1 Å². The van der Waals surface area contributed by atoms with E-state index in [1.54, 1.807) is 24.3 Å². The van der Waals surface area contributed by atoms with Gasteiger partial charge in [-0.15, -0.1) is 0 Å². The Morgan fingerprint density at radius 1 is 1.12 bits per heavy atom. The van der Waals surface area contributed by atoms with Crippen LogP contribution in [-0.2, 0) is 4.79 Å². The number of amides is 1. The van der Waals surface area contributed by atoms with Crippen LogP contribution >= 0.6 is 0 Å². The van der Waals surface area contributed by atoms with Gasteiger partial charge in [-0.2, -0.15) is 0 Å². The molecule has 0 saturated heterocycles. The Hall–Kier alpha value is -3.28. The van der Waals surface area contributed by atoms with Crippen molar-refractivity contribution in [1.29, 1.82) is 0 Å². The van der Waals surface area contributed by atoms with Crippen LogP contribution in [0, 0.1) is 0 Å². The molecule has 0 spiro atoms. The number of carbonyl (C=O) groups excluding carboxylic acids is 2. The molecule has 0 aliphatic carbocycles. The Bertz CT molecular complexity index is 945. The summed E-state index contributed by atoms with van der Waals surface area (Å²) in [5.41, 5.74) is 3.14. The van der Waals surface area contributed by atoms with Crippen LogP contribution in [-0.4, -0.2) is 41.4 Å². The molecule has 2 aromatic rings. The molecule has 26 heavy (non-hydrogen) atoms. The fourth-order valence-electron chi connectivity index (χ4n) is 3.21. The van der Waals surface area contributed by atoms with Crippen molar-refractivity contribution in [3.63, 3.8) is 0 Å². The van der Waals surface area contributed by atoms with E-state index in [9.17, 15) is 9.59 Å². The number of aliphatic imine (C=N–C) groups is 2. The van der Waals surface area contributed by atoms with Crippen molar-refractivity contribution in [2.24, 2.45) is 9.98 Å². The monoisotopic (exact) mass is 346 g/mol. The number of carbonyl (C=O) groups is 2. The van der Waals surface area contributed by atoms with Gasteiger partial charge in [0.2, 0.25) is 5.91 Å². The van der Waals surface area contributed by atoms with Crippen molar-refractivity contribution in [2.45, 2.75) is 13.3 Å². The van der Waals surface area contributed by atoms with E-state index in [-0.39, 0.29) is 18.1 Å². The molecule has 2 aliphatic rings. The standard InChI is InChI=1S/C20H18N4O2/c1-13(25)22-15-8-6-14(7-9-15)18(26)12-19-23-17-5-3-2-4-16(17)20-21-10-11-24(19)20/h2-9H,10-12H2,1H3,(H,22,25). The van der Waals surface area contributed by atoms with Crippen molar-refractivity contribution < 1.29 is 9.59 Å². The molecule has 2 aliphatic heterocycles. The maximum atomic E-state index is 12.7. The number of amidine groups is 2. The third-order valence-electron chi connectivity index (χ3n) is 4.39. The topological polar surface area (TPSA) is 74.1 Å². The summed E-state index contributed by atoms with van der Waals surface area (Å²) in [4.78, 5) is 35.1. The normalized spacial score (nSPS) is 14.9. The van der Waals surface area contributed by atoms with E-state index in [1.807, 2.05) is 29.2 Å². The Balaban J connectivity index is 1.57. The van der Waals surface area contributed by atoms with E-state index in [2.05, 4.69) is 10.3 Å². The van der Waals surface area contributed by atoms with Gasteiger partial charge in [0.25, 0.3) is 0 Å². The lowest BCUT2D eigenvalue weighted by Crippen LogP contribution is -2.38. The first-order valence-corrected chi connectivity index (χ1v) is 8.51. The minimum absolute atomic E-state index is 0.0104. The molecule has 1 N–H and O–H groups in total. The molecule has 0 unspecified atom stereocenters. The summed E-state index contributed by atoms with van der Waals surface area (Å²) < 4.78 is 0. The molecule has 130 valence electrons. The highest BCUT2D eigenvalue weighted by Gasteiger charge is 2.30. The van der Waals surface area contributed by atoms with Gasteiger partial charge < -0.3 is 10.2 Å². The number of hydrogen-bond donors (Lipinski definition) is 1. The summed E-state index contributed by atoms with van der Waals surface area (Å²) in [6.07, 6.45) is 0.215. The molecular formula is C20H18N4O2. The van der Waals surface area contributed by atoms with Crippen molar-refractivity contribution in [3.8, 4) is 0 Å². The van der Waals surface area contributed by atoms with E-state index < -0.39 is 0 Å².